The van der Waals surface area contributed by atoms with Gasteiger partial charge in [0.2, 0.25) is 5.78 Å². The Morgan fingerprint density at radius 2 is 2.05 bits per heavy atom. The Morgan fingerprint density at radius 1 is 1.37 bits per heavy atom. The molecule has 0 aromatic carbocycles. The molecule has 2 aromatic heterocycles. The third-order valence-corrected chi connectivity index (χ3v) is 2.80. The normalized spacial score (nSPS) is 10.5. The second-order valence-corrected chi connectivity index (χ2v) is 4.56. The highest BCUT2D eigenvalue weighted by Gasteiger charge is 2.23. The summed E-state index contributed by atoms with van der Waals surface area (Å²) in [4.78, 5) is 27.5. The van der Waals surface area contributed by atoms with Gasteiger partial charge in [-0.15, -0.1) is 0 Å². The number of nitrogens with zero attached hydrogens (tertiary/aromatic N) is 1. The average Bonchev–Trinajstić information content (AvgIpc) is 2.26. The first-order chi connectivity index (χ1) is 8.90. The zero-order chi connectivity index (χ0) is 14.2. The summed E-state index contributed by atoms with van der Waals surface area (Å²) < 4.78 is 4.76. The van der Waals surface area contributed by atoms with Gasteiger partial charge in [0.25, 0.3) is 0 Å². The van der Waals surface area contributed by atoms with Gasteiger partial charge in [0, 0.05) is 12.3 Å². The second-order valence-electron chi connectivity index (χ2n) is 3.72. The highest BCUT2D eigenvalue weighted by molar-refractivity contribution is 6.37. The molecule has 0 saturated carbocycles. The number of carbonyl (C=O) groups excluding carboxylic acids is 1. The van der Waals surface area contributed by atoms with Crippen LogP contribution in [-0.4, -0.2) is 15.9 Å². The maximum atomic E-state index is 12.1. The summed E-state index contributed by atoms with van der Waals surface area (Å²) in [7, 11) is 0. The number of aromatic nitrogens is 1. The van der Waals surface area contributed by atoms with Crippen LogP contribution in [0.3, 0.4) is 0 Å². The molecule has 5 nitrogen and oxygen atoms in total. The minimum atomic E-state index is -0.949. The van der Waals surface area contributed by atoms with E-state index in [4.69, 9.17) is 27.6 Å². The van der Waals surface area contributed by atoms with E-state index in [0.29, 0.717) is 0 Å². The highest BCUT2D eigenvalue weighted by atomic mass is 35.5. The standard InChI is InChI=1S/C12H7Cl2NO4/c1-5-2-8(16)9(12(18)19-5)11(17)10-7(14)3-6(13)4-15-10/h2-4,16H,1H3. The lowest BCUT2D eigenvalue weighted by Gasteiger charge is -2.04. The first kappa shape index (κ1) is 13.6. The molecule has 0 aliphatic carbocycles. The largest absolute Gasteiger partial charge is 0.507 e. The van der Waals surface area contributed by atoms with Crippen LogP contribution >= 0.6 is 23.2 Å². The molecule has 0 radical (unpaired) electrons. The van der Waals surface area contributed by atoms with Crippen molar-refractivity contribution in [2.24, 2.45) is 0 Å². The van der Waals surface area contributed by atoms with E-state index in [1.807, 2.05) is 0 Å². The molecule has 0 unspecified atom stereocenters. The lowest BCUT2D eigenvalue weighted by molar-refractivity contribution is 0.102. The predicted octanol–water partition coefficient (Wildman–Crippen LogP) is 2.59. The van der Waals surface area contributed by atoms with E-state index in [9.17, 15) is 14.7 Å². The summed E-state index contributed by atoms with van der Waals surface area (Å²) in [6, 6.07) is 2.48. The van der Waals surface area contributed by atoms with Gasteiger partial charge in [0.05, 0.1) is 10.0 Å². The SMILES string of the molecule is Cc1cc(O)c(C(=O)c2ncc(Cl)cc2Cl)c(=O)o1. The molecule has 0 atom stereocenters. The van der Waals surface area contributed by atoms with Gasteiger partial charge in [-0.1, -0.05) is 23.2 Å². The quantitative estimate of drug-likeness (QED) is 0.862. The molecule has 0 saturated heterocycles. The fraction of sp³-hybridized carbons (Fsp3) is 0.0833. The van der Waals surface area contributed by atoms with Gasteiger partial charge in [-0.25, -0.2) is 9.78 Å². The molecule has 1 N–H and O–H groups in total. The van der Waals surface area contributed by atoms with Gasteiger partial charge >= 0.3 is 5.63 Å². The fourth-order valence-electron chi connectivity index (χ4n) is 1.51. The van der Waals surface area contributed by atoms with Gasteiger partial charge in [0.15, 0.2) is 5.56 Å². The molecule has 98 valence electrons. The number of ketones is 1. The van der Waals surface area contributed by atoms with E-state index in [1.54, 1.807) is 0 Å². The Morgan fingerprint density at radius 3 is 2.63 bits per heavy atom. The average molecular weight is 300 g/mol. The number of hydrogen-bond donors (Lipinski definition) is 1. The Kier molecular flexibility index (Phi) is 3.59. The molecule has 0 aliphatic rings. The van der Waals surface area contributed by atoms with Gasteiger partial charge in [-0.3, -0.25) is 4.79 Å². The van der Waals surface area contributed by atoms with E-state index >= 15 is 0 Å². The Hall–Kier alpha value is -1.85. The highest BCUT2D eigenvalue weighted by Crippen LogP contribution is 2.23. The first-order valence-electron chi connectivity index (χ1n) is 5.09. The van der Waals surface area contributed by atoms with Crippen LogP contribution in [-0.2, 0) is 0 Å². The van der Waals surface area contributed by atoms with E-state index in [0.717, 1.165) is 0 Å². The number of aryl methyl sites for hydroxylation is 1. The van der Waals surface area contributed by atoms with Crippen molar-refractivity contribution in [3.63, 3.8) is 0 Å². The topological polar surface area (TPSA) is 80.4 Å². The summed E-state index contributed by atoms with van der Waals surface area (Å²) in [5.41, 5.74) is -1.64. The second kappa shape index (κ2) is 5.03. The van der Waals surface area contributed by atoms with Crippen molar-refractivity contribution in [2.75, 3.05) is 0 Å². The lowest BCUT2D eigenvalue weighted by atomic mass is 10.1. The number of pyridine rings is 1. The Bertz CT molecular complexity index is 724. The van der Waals surface area contributed by atoms with E-state index in [-0.39, 0.29) is 21.5 Å². The molecule has 0 fully saturated rings. The van der Waals surface area contributed by atoms with Crippen molar-refractivity contribution < 1.29 is 14.3 Å². The molecule has 0 amide bonds. The van der Waals surface area contributed by atoms with Crippen molar-refractivity contribution in [2.45, 2.75) is 6.92 Å². The summed E-state index contributed by atoms with van der Waals surface area (Å²) in [6.07, 6.45) is 1.22. The van der Waals surface area contributed by atoms with Crippen LogP contribution in [0.1, 0.15) is 21.8 Å². The van der Waals surface area contributed by atoms with Crippen LogP contribution in [0.15, 0.2) is 27.5 Å². The van der Waals surface area contributed by atoms with Crippen molar-refractivity contribution in [3.05, 3.63) is 55.8 Å². The Balaban J connectivity index is 2.60. The van der Waals surface area contributed by atoms with E-state index in [1.165, 1.54) is 25.3 Å². The van der Waals surface area contributed by atoms with Crippen molar-refractivity contribution in [1.29, 1.82) is 0 Å². The third-order valence-electron chi connectivity index (χ3n) is 2.30. The lowest BCUT2D eigenvalue weighted by Crippen LogP contribution is -2.17. The number of halogens is 2. The molecule has 2 heterocycles. The smallest absolute Gasteiger partial charge is 0.351 e. The molecule has 19 heavy (non-hydrogen) atoms. The predicted molar refractivity (Wildman–Crippen MR) is 69.1 cm³/mol. The molecular formula is C12H7Cl2NO4. The summed E-state index contributed by atoms with van der Waals surface area (Å²) in [5, 5.41) is 9.91. The monoisotopic (exact) mass is 299 g/mol. The molecule has 7 heteroatoms. The van der Waals surface area contributed by atoms with Crippen LogP contribution < -0.4 is 5.63 Å². The van der Waals surface area contributed by atoms with Crippen molar-refractivity contribution in [3.8, 4) is 5.75 Å². The number of rotatable bonds is 2. The van der Waals surface area contributed by atoms with Gasteiger partial charge < -0.3 is 9.52 Å². The maximum absolute atomic E-state index is 12.1. The zero-order valence-corrected chi connectivity index (χ0v) is 11.1. The summed E-state index contributed by atoms with van der Waals surface area (Å²) >= 11 is 11.5. The minimum absolute atomic E-state index is 0.0168. The number of hydrogen-bond acceptors (Lipinski definition) is 5. The first-order valence-corrected chi connectivity index (χ1v) is 5.85. The molecule has 2 rings (SSSR count). The molecule has 2 aromatic rings. The molecule has 0 bridgehead atoms. The van der Waals surface area contributed by atoms with Gasteiger partial charge in [-0.2, -0.15) is 0 Å². The van der Waals surface area contributed by atoms with Gasteiger partial charge in [0.1, 0.15) is 17.2 Å². The zero-order valence-electron chi connectivity index (χ0n) is 9.61. The number of aromatic hydroxyl groups is 1. The van der Waals surface area contributed by atoms with Crippen molar-refractivity contribution in [1.82, 2.24) is 4.98 Å². The fourth-order valence-corrected chi connectivity index (χ4v) is 1.97. The van der Waals surface area contributed by atoms with E-state index in [2.05, 4.69) is 4.98 Å². The van der Waals surface area contributed by atoms with Gasteiger partial charge in [-0.05, 0) is 13.0 Å². The van der Waals surface area contributed by atoms with Crippen LogP contribution in [0.2, 0.25) is 10.0 Å². The van der Waals surface area contributed by atoms with Crippen LogP contribution in [0.25, 0.3) is 0 Å². The Labute approximate surface area is 117 Å². The minimum Gasteiger partial charge on any atom is -0.507 e. The van der Waals surface area contributed by atoms with Crippen molar-refractivity contribution >= 4 is 29.0 Å². The number of carbonyl (C=O) groups is 1. The molecule has 0 spiro atoms. The van der Waals surface area contributed by atoms with Crippen LogP contribution in [0.5, 0.6) is 5.75 Å². The summed E-state index contributed by atoms with van der Waals surface area (Å²) in [5.74, 6) is -1.12. The summed E-state index contributed by atoms with van der Waals surface area (Å²) in [6.45, 7) is 1.48. The molecule has 0 aliphatic heterocycles. The maximum Gasteiger partial charge on any atom is 0.351 e. The van der Waals surface area contributed by atoms with Crippen LogP contribution in [0, 0.1) is 6.92 Å². The third kappa shape index (κ3) is 2.62. The molecular weight excluding hydrogens is 293 g/mol. The van der Waals surface area contributed by atoms with Crippen LogP contribution in [0.4, 0.5) is 0 Å². The van der Waals surface area contributed by atoms with E-state index < -0.39 is 22.7 Å².